The molecule has 0 aromatic rings. The topological polar surface area (TPSA) is 357 Å². The molecule has 3 saturated carbocycles. The van der Waals surface area contributed by atoms with Crippen LogP contribution in [0.25, 0.3) is 0 Å². The lowest BCUT2D eigenvalue weighted by Gasteiger charge is -2.67. The standard InChI is InChI=1S/C54H92O22/c1-24(9-13-36(51(4,5)68)75-49-46(43(65)39(61)31(22-57)72-49)76-37-18-25(58)17-26(20-55)70-37)27-15-16-52(6)33-12-10-28-29(54(33,8)34(59)19-53(27,52)7)11-14-35(50(28,2)3)74-48-45(67)42(64)40(62)32(73-48)23-69-47-44(66)41(63)38(60)30(21-56)71-47/h10,24-27,29-49,55-68H,9,11-23H2,1-8H3/t24-,25-,26-,27?,29?,30-,31-,32-,33?,34-,35+,36-,37-,38-,39-,40-,41+,42+,43+,44-,45-,46-,47-,48+,49+,52+,53-,54+/m1/s1. The van der Waals surface area contributed by atoms with Gasteiger partial charge in [-0.3, -0.25) is 0 Å². The number of hydrogen-bond donors (Lipinski definition) is 14. The summed E-state index contributed by atoms with van der Waals surface area (Å²) in [6, 6.07) is 0. The van der Waals surface area contributed by atoms with Crippen LogP contribution in [0.1, 0.15) is 120 Å². The van der Waals surface area contributed by atoms with Gasteiger partial charge in [0, 0.05) is 23.7 Å². The van der Waals surface area contributed by atoms with Crippen molar-refractivity contribution in [2.24, 2.45) is 45.3 Å². The summed E-state index contributed by atoms with van der Waals surface area (Å²) >= 11 is 0. The van der Waals surface area contributed by atoms with E-state index in [0.29, 0.717) is 38.5 Å². The van der Waals surface area contributed by atoms with E-state index in [-0.39, 0.29) is 54.0 Å². The molecule has 22 heteroatoms. The lowest BCUT2D eigenvalue weighted by molar-refractivity contribution is -0.358. The number of aliphatic hydroxyl groups excluding tert-OH is 13. The van der Waals surface area contributed by atoms with Gasteiger partial charge in [0.2, 0.25) is 0 Å². The minimum absolute atomic E-state index is 0.00587. The Balaban J connectivity index is 0.935. The highest BCUT2D eigenvalue weighted by Gasteiger charge is 2.70. The van der Waals surface area contributed by atoms with Crippen LogP contribution in [-0.4, -0.2) is 232 Å². The average Bonchev–Trinajstić information content (AvgIpc) is 3.88. The molecule has 4 aliphatic carbocycles. The molecule has 0 bridgehead atoms. The third kappa shape index (κ3) is 11.0. The van der Waals surface area contributed by atoms with Crippen molar-refractivity contribution in [1.82, 2.24) is 0 Å². The summed E-state index contributed by atoms with van der Waals surface area (Å²) in [6.07, 6.45) is -19.3. The molecule has 0 amide bonds. The number of allylic oxidation sites excluding steroid dienone is 1. The Kier molecular flexibility index (Phi) is 18.6. The Bertz CT molecular complexity index is 1960. The first-order valence-corrected chi connectivity index (χ1v) is 27.8. The first kappa shape index (κ1) is 60.9. The van der Waals surface area contributed by atoms with E-state index in [1.54, 1.807) is 13.8 Å². The summed E-state index contributed by atoms with van der Waals surface area (Å²) in [4.78, 5) is 0. The molecule has 0 radical (unpaired) electrons. The fourth-order valence-corrected chi connectivity index (χ4v) is 15.6. The lowest BCUT2D eigenvalue weighted by atomic mass is 9.38. The van der Waals surface area contributed by atoms with Gasteiger partial charge in [0.15, 0.2) is 25.2 Å². The van der Waals surface area contributed by atoms with Crippen LogP contribution in [0.5, 0.6) is 0 Å². The SMILES string of the molecule is C[C@H](CC[C@@H](O[C@@H]1O[C@H](CO)[C@@H](O)[C@H](O)[C@H]1O[C@@H]1C[C@H](O)C[C@H](CO)O1)C(C)(C)O)C1CC[C@@]2(C)C3CC=C4C(CC[C@H](O[C@@H]5O[C@H](CO[C@@H]6O[C@H](CO)[C@@H](O)[C@H](O)[C@H]6O)[C@@H](O)[C@H](O)[C@H]5O)C4(C)C)[C@]3(C)[C@H](O)C[C@]12C. The van der Waals surface area contributed by atoms with Crippen LogP contribution in [0, 0.1) is 45.3 Å². The second kappa shape index (κ2) is 23.3. The molecular weight excluding hydrogens is 1000 g/mol. The highest BCUT2D eigenvalue weighted by atomic mass is 16.8. The molecule has 0 aromatic heterocycles. The Morgan fingerprint density at radius 1 is 0.658 bits per heavy atom. The van der Waals surface area contributed by atoms with Gasteiger partial charge >= 0.3 is 0 Å². The lowest BCUT2D eigenvalue weighted by Crippen LogP contribution is -2.65. The summed E-state index contributed by atoms with van der Waals surface area (Å²) in [7, 11) is 0. The normalized spacial score (nSPS) is 50.5. The molecule has 0 spiro atoms. The predicted octanol–water partition coefficient (Wildman–Crippen LogP) is -1.17. The number of ether oxygens (including phenoxy) is 8. The van der Waals surface area contributed by atoms with Crippen molar-refractivity contribution in [3.63, 3.8) is 0 Å². The molecule has 440 valence electrons. The van der Waals surface area contributed by atoms with Gasteiger partial charge in [0.1, 0.15) is 73.2 Å². The molecule has 4 saturated heterocycles. The van der Waals surface area contributed by atoms with Crippen molar-refractivity contribution in [2.75, 3.05) is 26.4 Å². The maximum atomic E-state index is 12.7. The van der Waals surface area contributed by atoms with Crippen LogP contribution >= 0.6 is 0 Å². The van der Waals surface area contributed by atoms with E-state index in [9.17, 15) is 71.5 Å². The van der Waals surface area contributed by atoms with E-state index in [0.717, 1.165) is 18.4 Å². The molecule has 76 heavy (non-hydrogen) atoms. The second-order valence-electron chi connectivity index (χ2n) is 25.7. The van der Waals surface area contributed by atoms with Crippen molar-refractivity contribution in [3.8, 4) is 0 Å². The Hall–Kier alpha value is -1.14. The molecule has 8 aliphatic rings. The zero-order chi connectivity index (χ0) is 55.8. The van der Waals surface area contributed by atoms with Crippen molar-refractivity contribution >= 4 is 0 Å². The van der Waals surface area contributed by atoms with E-state index >= 15 is 0 Å². The van der Waals surface area contributed by atoms with Gasteiger partial charge < -0.3 is 109 Å². The molecule has 22 nitrogen and oxygen atoms in total. The summed E-state index contributed by atoms with van der Waals surface area (Å²) < 4.78 is 48.2. The molecule has 3 unspecified atom stereocenters. The Morgan fingerprint density at radius 3 is 1.89 bits per heavy atom. The molecule has 14 N–H and O–H groups in total. The van der Waals surface area contributed by atoms with Crippen molar-refractivity contribution in [2.45, 2.75) is 254 Å². The average molecular weight is 1090 g/mol. The molecule has 7 fully saturated rings. The molecule has 28 atom stereocenters. The first-order chi connectivity index (χ1) is 35.6. The van der Waals surface area contributed by atoms with Gasteiger partial charge in [-0.25, -0.2) is 0 Å². The summed E-state index contributed by atoms with van der Waals surface area (Å²) in [5, 5.41) is 150. The van der Waals surface area contributed by atoms with Crippen LogP contribution in [-0.2, 0) is 37.9 Å². The number of hydrogen-bond acceptors (Lipinski definition) is 22. The molecule has 4 heterocycles. The monoisotopic (exact) mass is 1090 g/mol. The minimum atomic E-state index is -1.70. The van der Waals surface area contributed by atoms with Gasteiger partial charge in [-0.15, -0.1) is 0 Å². The van der Waals surface area contributed by atoms with Crippen LogP contribution in [0.2, 0.25) is 0 Å². The third-order valence-corrected chi connectivity index (χ3v) is 20.5. The second-order valence-corrected chi connectivity index (χ2v) is 25.7. The van der Waals surface area contributed by atoms with E-state index in [1.165, 1.54) is 0 Å². The molecule has 0 aromatic carbocycles. The summed E-state index contributed by atoms with van der Waals surface area (Å²) in [5.41, 5.74) is -1.86. The van der Waals surface area contributed by atoms with Gasteiger partial charge in [-0.1, -0.05) is 53.2 Å². The Labute approximate surface area is 445 Å². The van der Waals surface area contributed by atoms with Crippen LogP contribution in [0.3, 0.4) is 0 Å². The van der Waals surface area contributed by atoms with E-state index in [4.69, 9.17) is 37.9 Å². The van der Waals surface area contributed by atoms with E-state index in [1.807, 2.05) is 0 Å². The van der Waals surface area contributed by atoms with Crippen molar-refractivity contribution in [3.05, 3.63) is 11.6 Å². The summed E-state index contributed by atoms with van der Waals surface area (Å²) in [5.74, 6) is 0.417. The smallest absolute Gasteiger partial charge is 0.187 e. The van der Waals surface area contributed by atoms with Crippen molar-refractivity contribution < 1.29 is 109 Å². The van der Waals surface area contributed by atoms with E-state index < -0.39 is 165 Å². The Morgan fingerprint density at radius 2 is 1.26 bits per heavy atom. The van der Waals surface area contributed by atoms with Gasteiger partial charge in [-0.05, 0) is 99.7 Å². The minimum Gasteiger partial charge on any atom is -0.394 e. The largest absolute Gasteiger partial charge is 0.394 e. The predicted molar refractivity (Wildman–Crippen MR) is 265 cm³/mol. The zero-order valence-corrected chi connectivity index (χ0v) is 45.4. The first-order valence-electron chi connectivity index (χ1n) is 27.8. The highest BCUT2D eigenvalue weighted by molar-refractivity contribution is 5.32. The fourth-order valence-electron chi connectivity index (χ4n) is 15.6. The van der Waals surface area contributed by atoms with E-state index in [2.05, 4.69) is 47.6 Å². The van der Waals surface area contributed by atoms with Crippen molar-refractivity contribution in [1.29, 1.82) is 0 Å². The van der Waals surface area contributed by atoms with Gasteiger partial charge in [0.05, 0.1) is 62.5 Å². The van der Waals surface area contributed by atoms with Gasteiger partial charge in [0.25, 0.3) is 0 Å². The summed E-state index contributed by atoms with van der Waals surface area (Å²) in [6.45, 7) is 14.4. The fraction of sp³-hybridized carbons (Fsp3) is 0.963. The van der Waals surface area contributed by atoms with Crippen LogP contribution in [0.4, 0.5) is 0 Å². The van der Waals surface area contributed by atoms with Gasteiger partial charge in [-0.2, -0.15) is 0 Å². The number of aliphatic hydroxyl groups is 14. The maximum Gasteiger partial charge on any atom is 0.187 e. The highest BCUT2D eigenvalue weighted by Crippen LogP contribution is 2.75. The zero-order valence-electron chi connectivity index (χ0n) is 45.4. The molecule has 8 rings (SSSR count). The number of fused-ring (bicyclic) bond motifs is 5. The molecular formula is C54H92O22. The van der Waals surface area contributed by atoms with Crippen LogP contribution < -0.4 is 0 Å². The number of rotatable bonds is 17. The van der Waals surface area contributed by atoms with Crippen LogP contribution in [0.15, 0.2) is 11.6 Å². The quantitative estimate of drug-likeness (QED) is 0.0763. The third-order valence-electron chi connectivity index (χ3n) is 20.5. The maximum absolute atomic E-state index is 12.7. The molecule has 4 aliphatic heterocycles.